The summed E-state index contributed by atoms with van der Waals surface area (Å²) >= 11 is 0. The van der Waals surface area contributed by atoms with Crippen molar-refractivity contribution in [3.05, 3.63) is 0 Å². The van der Waals surface area contributed by atoms with Gasteiger partial charge >= 0.3 is 0 Å². The monoisotopic (exact) mass is 181 g/mol. The molecule has 1 atom stereocenters. The maximum absolute atomic E-state index is 5.55. The molecule has 1 aliphatic heterocycles. The summed E-state index contributed by atoms with van der Waals surface area (Å²) in [5.41, 5.74) is 0. The molecule has 0 bridgehead atoms. The van der Waals surface area contributed by atoms with E-state index in [-0.39, 0.29) is 0 Å². The second kappa shape index (κ2) is 6.01. The smallest absolute Gasteiger partial charge is 0.0702 e. The number of terminal acetylenes is 1. The minimum atomic E-state index is 0.468. The highest BCUT2D eigenvalue weighted by atomic mass is 16.5. The Morgan fingerprint density at radius 1 is 1.62 bits per heavy atom. The zero-order valence-electron chi connectivity index (χ0n) is 8.46. The first-order valence-electron chi connectivity index (χ1n) is 5.06. The first kappa shape index (κ1) is 10.6. The lowest BCUT2D eigenvalue weighted by Crippen LogP contribution is -2.29. The van der Waals surface area contributed by atoms with Gasteiger partial charge in [-0.3, -0.25) is 0 Å². The van der Waals surface area contributed by atoms with Crippen LogP contribution in [-0.4, -0.2) is 37.7 Å². The molecule has 1 aliphatic rings. The van der Waals surface area contributed by atoms with Crippen LogP contribution < -0.4 is 0 Å². The van der Waals surface area contributed by atoms with Gasteiger partial charge in [0, 0.05) is 19.6 Å². The third kappa shape index (κ3) is 4.31. The molecule has 13 heavy (non-hydrogen) atoms. The van der Waals surface area contributed by atoms with Gasteiger partial charge in [0.1, 0.15) is 0 Å². The van der Waals surface area contributed by atoms with Gasteiger partial charge < -0.3 is 9.64 Å². The second-order valence-corrected chi connectivity index (χ2v) is 3.70. The molecule has 1 fully saturated rings. The fourth-order valence-electron chi connectivity index (χ4n) is 1.68. The zero-order chi connectivity index (χ0) is 9.52. The highest BCUT2D eigenvalue weighted by Crippen LogP contribution is 2.12. The molecule has 2 nitrogen and oxygen atoms in total. The van der Waals surface area contributed by atoms with Crippen LogP contribution in [0.15, 0.2) is 0 Å². The third-order valence-corrected chi connectivity index (χ3v) is 2.40. The fourth-order valence-corrected chi connectivity index (χ4v) is 1.68. The van der Waals surface area contributed by atoms with Gasteiger partial charge in [-0.05, 0) is 32.9 Å². The Balaban J connectivity index is 2.03. The zero-order valence-corrected chi connectivity index (χ0v) is 8.46. The van der Waals surface area contributed by atoms with Crippen LogP contribution in [0.2, 0.25) is 0 Å². The molecule has 0 aromatic rings. The number of rotatable bonds is 5. The topological polar surface area (TPSA) is 12.5 Å². The van der Waals surface area contributed by atoms with E-state index in [2.05, 4.69) is 17.9 Å². The van der Waals surface area contributed by atoms with Crippen molar-refractivity contribution < 1.29 is 4.74 Å². The number of hydrogen-bond donors (Lipinski definition) is 0. The molecule has 0 radical (unpaired) electrons. The summed E-state index contributed by atoms with van der Waals surface area (Å²) in [6, 6.07) is 0. The summed E-state index contributed by atoms with van der Waals surface area (Å²) in [5, 5.41) is 0. The van der Waals surface area contributed by atoms with E-state index in [1.807, 2.05) is 0 Å². The molecule has 1 heterocycles. The molecule has 1 saturated heterocycles. The van der Waals surface area contributed by atoms with E-state index >= 15 is 0 Å². The van der Waals surface area contributed by atoms with Crippen molar-refractivity contribution >= 4 is 0 Å². The van der Waals surface area contributed by atoms with Crippen LogP contribution in [0.25, 0.3) is 0 Å². The van der Waals surface area contributed by atoms with Gasteiger partial charge in [0.2, 0.25) is 0 Å². The molecular formula is C11H19NO. The van der Waals surface area contributed by atoms with Crippen molar-refractivity contribution in [3.8, 4) is 12.3 Å². The number of likely N-dealkylation sites (N-methyl/N-ethyl adjacent to an activating group) is 1. The summed E-state index contributed by atoms with van der Waals surface area (Å²) < 4.78 is 5.55. The van der Waals surface area contributed by atoms with Crippen LogP contribution in [0, 0.1) is 12.3 Å². The molecule has 0 aromatic heterocycles. The summed E-state index contributed by atoms with van der Waals surface area (Å²) in [6.45, 7) is 3.09. The van der Waals surface area contributed by atoms with Gasteiger partial charge in [-0.15, -0.1) is 12.3 Å². The Bertz CT molecular complexity index is 167. The highest BCUT2D eigenvalue weighted by Gasteiger charge is 2.16. The quantitative estimate of drug-likeness (QED) is 0.471. The van der Waals surface area contributed by atoms with E-state index < -0.39 is 0 Å². The molecule has 0 amide bonds. The van der Waals surface area contributed by atoms with Crippen molar-refractivity contribution in [2.45, 2.75) is 31.8 Å². The Labute approximate surface area is 81.3 Å². The lowest BCUT2D eigenvalue weighted by Gasteiger charge is -2.19. The Morgan fingerprint density at radius 3 is 3.08 bits per heavy atom. The van der Waals surface area contributed by atoms with Crippen LogP contribution in [-0.2, 0) is 4.74 Å². The van der Waals surface area contributed by atoms with Crippen molar-refractivity contribution in [1.29, 1.82) is 0 Å². The van der Waals surface area contributed by atoms with E-state index in [9.17, 15) is 0 Å². The maximum Gasteiger partial charge on any atom is 0.0702 e. The van der Waals surface area contributed by atoms with E-state index in [4.69, 9.17) is 11.2 Å². The van der Waals surface area contributed by atoms with E-state index in [1.54, 1.807) is 0 Å². The summed E-state index contributed by atoms with van der Waals surface area (Å²) in [6.07, 6.45) is 10.1. The molecular weight excluding hydrogens is 162 g/mol. The van der Waals surface area contributed by atoms with E-state index in [0.29, 0.717) is 6.10 Å². The molecule has 0 aromatic carbocycles. The number of hydrogen-bond acceptors (Lipinski definition) is 2. The fraction of sp³-hybridized carbons (Fsp3) is 0.818. The van der Waals surface area contributed by atoms with Crippen molar-refractivity contribution in [1.82, 2.24) is 4.90 Å². The summed E-state index contributed by atoms with van der Waals surface area (Å²) in [5.74, 6) is 2.66. The van der Waals surface area contributed by atoms with Gasteiger partial charge in [0.05, 0.1) is 6.10 Å². The molecule has 1 unspecified atom stereocenters. The van der Waals surface area contributed by atoms with Crippen molar-refractivity contribution in [2.75, 3.05) is 26.7 Å². The van der Waals surface area contributed by atoms with Crippen LogP contribution in [0.3, 0.4) is 0 Å². The van der Waals surface area contributed by atoms with Crippen LogP contribution in [0.5, 0.6) is 0 Å². The van der Waals surface area contributed by atoms with Gasteiger partial charge in [0.15, 0.2) is 0 Å². The average Bonchev–Trinajstić information content (AvgIpc) is 2.57. The number of unbranched alkanes of at least 4 members (excludes halogenated alkanes) is 1. The van der Waals surface area contributed by atoms with Crippen LogP contribution in [0.1, 0.15) is 25.7 Å². The number of nitrogens with zero attached hydrogens (tertiary/aromatic N) is 1. The Morgan fingerprint density at radius 2 is 2.46 bits per heavy atom. The molecule has 0 N–H and O–H groups in total. The van der Waals surface area contributed by atoms with Crippen LogP contribution in [0.4, 0.5) is 0 Å². The minimum absolute atomic E-state index is 0.468. The predicted molar refractivity (Wildman–Crippen MR) is 54.5 cm³/mol. The molecule has 0 aliphatic carbocycles. The van der Waals surface area contributed by atoms with Gasteiger partial charge in [-0.1, -0.05) is 0 Å². The lowest BCUT2D eigenvalue weighted by molar-refractivity contribution is 0.0810. The predicted octanol–water partition coefficient (Wildman–Crippen LogP) is 1.51. The first-order valence-corrected chi connectivity index (χ1v) is 5.06. The van der Waals surface area contributed by atoms with E-state index in [1.165, 1.54) is 12.8 Å². The summed E-state index contributed by atoms with van der Waals surface area (Å²) in [7, 11) is 2.14. The largest absolute Gasteiger partial charge is 0.377 e. The standard InChI is InChI=1S/C11H19NO/c1-3-4-5-8-12(2)10-11-7-6-9-13-11/h1,11H,4-10H2,2H3. The normalized spacial score (nSPS) is 22.1. The Kier molecular flexibility index (Phi) is 4.88. The SMILES string of the molecule is C#CCCCN(C)CC1CCCO1. The molecule has 2 heteroatoms. The highest BCUT2D eigenvalue weighted by molar-refractivity contribution is 4.83. The molecule has 1 rings (SSSR count). The van der Waals surface area contributed by atoms with E-state index in [0.717, 1.165) is 32.5 Å². The second-order valence-electron chi connectivity index (χ2n) is 3.70. The third-order valence-electron chi connectivity index (χ3n) is 2.40. The van der Waals surface area contributed by atoms with Gasteiger partial charge in [-0.2, -0.15) is 0 Å². The minimum Gasteiger partial charge on any atom is -0.377 e. The Hall–Kier alpha value is -0.520. The average molecular weight is 181 g/mol. The lowest BCUT2D eigenvalue weighted by atomic mass is 10.2. The molecule has 74 valence electrons. The van der Waals surface area contributed by atoms with Gasteiger partial charge in [-0.25, -0.2) is 0 Å². The first-order chi connectivity index (χ1) is 6.33. The van der Waals surface area contributed by atoms with Crippen LogP contribution >= 0.6 is 0 Å². The van der Waals surface area contributed by atoms with Crippen molar-refractivity contribution in [2.24, 2.45) is 0 Å². The van der Waals surface area contributed by atoms with Crippen molar-refractivity contribution in [3.63, 3.8) is 0 Å². The number of ether oxygens (including phenoxy) is 1. The molecule has 0 saturated carbocycles. The molecule has 0 spiro atoms. The maximum atomic E-state index is 5.55. The summed E-state index contributed by atoms with van der Waals surface area (Å²) in [4.78, 5) is 2.31. The van der Waals surface area contributed by atoms with Gasteiger partial charge in [0.25, 0.3) is 0 Å².